The summed E-state index contributed by atoms with van der Waals surface area (Å²) >= 11 is 0. The molecule has 26 heavy (non-hydrogen) atoms. The van der Waals surface area contributed by atoms with E-state index in [1.54, 1.807) is 14.2 Å². The molecule has 3 aromatic rings. The predicted octanol–water partition coefficient (Wildman–Crippen LogP) is 3.63. The van der Waals surface area contributed by atoms with E-state index in [4.69, 9.17) is 9.47 Å². The summed E-state index contributed by atoms with van der Waals surface area (Å²) < 4.78 is 10.4. The van der Waals surface area contributed by atoms with Crippen LogP contribution < -0.4 is 10.1 Å². The number of nitrogens with one attached hydrogen (secondary N) is 1. The summed E-state index contributed by atoms with van der Waals surface area (Å²) in [6.45, 7) is 2.85. The summed E-state index contributed by atoms with van der Waals surface area (Å²) in [5, 5.41) is 3.87. The number of aryl methyl sites for hydroxylation is 1. The third-order valence-electron chi connectivity index (χ3n) is 4.22. The van der Waals surface area contributed by atoms with Crippen LogP contribution in [0.1, 0.15) is 27.2 Å². The molecule has 0 aliphatic rings. The quantitative estimate of drug-likeness (QED) is 0.737. The van der Waals surface area contributed by atoms with Crippen molar-refractivity contribution in [2.45, 2.75) is 20.1 Å². The molecule has 5 heteroatoms. The maximum atomic E-state index is 12.6. The Kier molecular flexibility index (Phi) is 5.49. The van der Waals surface area contributed by atoms with Crippen molar-refractivity contribution in [2.75, 3.05) is 14.2 Å². The number of hydrogen-bond donors (Lipinski definition) is 1. The number of carbonyl (C=O) groups excluding carboxylic acids is 1. The van der Waals surface area contributed by atoms with Gasteiger partial charge in [0.05, 0.1) is 30.5 Å². The largest absolute Gasteiger partial charge is 0.497 e. The molecule has 2 aromatic carbocycles. The van der Waals surface area contributed by atoms with Gasteiger partial charge in [-0.3, -0.25) is 9.78 Å². The van der Waals surface area contributed by atoms with Crippen LogP contribution in [0, 0.1) is 6.92 Å². The lowest BCUT2D eigenvalue weighted by Gasteiger charge is -2.10. The number of benzene rings is 2. The predicted molar refractivity (Wildman–Crippen MR) is 101 cm³/mol. The lowest BCUT2D eigenvalue weighted by Crippen LogP contribution is -2.24. The lowest BCUT2D eigenvalue weighted by atomic mass is 10.1. The highest BCUT2D eigenvalue weighted by atomic mass is 16.5. The Morgan fingerprint density at radius 3 is 2.65 bits per heavy atom. The van der Waals surface area contributed by atoms with Crippen molar-refractivity contribution in [1.82, 2.24) is 10.3 Å². The first kappa shape index (κ1) is 17.9. The topological polar surface area (TPSA) is 60.5 Å². The van der Waals surface area contributed by atoms with E-state index in [1.165, 1.54) is 0 Å². The molecular formula is C21H22N2O3. The second kappa shape index (κ2) is 7.97. The molecule has 1 N–H and O–H groups in total. The average Bonchev–Trinajstić information content (AvgIpc) is 2.65. The van der Waals surface area contributed by atoms with Gasteiger partial charge in [0.2, 0.25) is 0 Å². The van der Waals surface area contributed by atoms with Crippen LogP contribution in [0.3, 0.4) is 0 Å². The molecule has 0 aliphatic carbocycles. The van der Waals surface area contributed by atoms with E-state index in [9.17, 15) is 4.79 Å². The van der Waals surface area contributed by atoms with Crippen LogP contribution in [0.15, 0.2) is 48.5 Å². The maximum Gasteiger partial charge on any atom is 0.253 e. The number of carbonyl (C=O) groups is 1. The van der Waals surface area contributed by atoms with Gasteiger partial charge in [-0.05, 0) is 36.2 Å². The fourth-order valence-electron chi connectivity index (χ4n) is 2.87. The summed E-state index contributed by atoms with van der Waals surface area (Å²) in [5.41, 5.74) is 4.19. The molecule has 0 saturated carbocycles. The van der Waals surface area contributed by atoms with Gasteiger partial charge in [0.1, 0.15) is 5.75 Å². The van der Waals surface area contributed by atoms with Crippen LogP contribution in [0.25, 0.3) is 10.9 Å². The summed E-state index contributed by atoms with van der Waals surface area (Å²) in [6, 6.07) is 15.5. The molecule has 0 bridgehead atoms. The fraction of sp³-hybridized carbons (Fsp3) is 0.238. The van der Waals surface area contributed by atoms with E-state index in [0.29, 0.717) is 24.4 Å². The van der Waals surface area contributed by atoms with Crippen LogP contribution in [-0.2, 0) is 17.9 Å². The van der Waals surface area contributed by atoms with Crippen LogP contribution in [0.5, 0.6) is 5.75 Å². The number of pyridine rings is 1. The maximum absolute atomic E-state index is 12.6. The molecule has 0 saturated heterocycles. The molecule has 0 fully saturated rings. The van der Waals surface area contributed by atoms with Gasteiger partial charge in [-0.2, -0.15) is 0 Å². The van der Waals surface area contributed by atoms with E-state index in [1.807, 2.05) is 55.5 Å². The molecule has 3 rings (SSSR count). The van der Waals surface area contributed by atoms with Gasteiger partial charge in [0.15, 0.2) is 0 Å². The molecule has 1 aromatic heterocycles. The number of fused-ring (bicyclic) bond motifs is 1. The van der Waals surface area contributed by atoms with Crippen LogP contribution >= 0.6 is 0 Å². The number of hydrogen-bond acceptors (Lipinski definition) is 4. The normalized spacial score (nSPS) is 10.7. The third-order valence-corrected chi connectivity index (χ3v) is 4.22. The van der Waals surface area contributed by atoms with Gasteiger partial charge in [-0.25, -0.2) is 0 Å². The highest BCUT2D eigenvalue weighted by molar-refractivity contribution is 5.98. The first-order chi connectivity index (χ1) is 12.6. The zero-order chi connectivity index (χ0) is 18.5. The highest BCUT2D eigenvalue weighted by Crippen LogP contribution is 2.21. The van der Waals surface area contributed by atoms with Gasteiger partial charge in [0.25, 0.3) is 5.91 Å². The molecule has 1 heterocycles. The number of nitrogens with zero attached hydrogens (tertiary/aromatic N) is 1. The zero-order valence-corrected chi connectivity index (χ0v) is 15.2. The van der Waals surface area contributed by atoms with Gasteiger partial charge < -0.3 is 14.8 Å². The van der Waals surface area contributed by atoms with Crippen molar-refractivity contribution in [3.05, 3.63) is 70.9 Å². The monoisotopic (exact) mass is 350 g/mol. The van der Waals surface area contributed by atoms with Gasteiger partial charge in [-0.1, -0.05) is 24.3 Å². The molecule has 0 unspecified atom stereocenters. The van der Waals surface area contributed by atoms with Crippen molar-refractivity contribution < 1.29 is 14.3 Å². The van der Waals surface area contributed by atoms with Crippen molar-refractivity contribution in [1.29, 1.82) is 0 Å². The van der Waals surface area contributed by atoms with E-state index in [2.05, 4.69) is 10.3 Å². The SMILES string of the molecule is COCc1cccc(CNC(=O)c2cc3ccc(OC)cc3nc2C)c1. The molecular weight excluding hydrogens is 328 g/mol. The number of amides is 1. The summed E-state index contributed by atoms with van der Waals surface area (Å²) in [7, 11) is 3.29. The summed E-state index contributed by atoms with van der Waals surface area (Å²) in [5.74, 6) is 0.613. The zero-order valence-electron chi connectivity index (χ0n) is 15.2. The Morgan fingerprint density at radius 1 is 1.08 bits per heavy atom. The molecule has 0 spiro atoms. The first-order valence-electron chi connectivity index (χ1n) is 8.41. The first-order valence-corrected chi connectivity index (χ1v) is 8.41. The molecule has 0 atom stereocenters. The van der Waals surface area contributed by atoms with E-state index >= 15 is 0 Å². The van der Waals surface area contributed by atoms with E-state index in [0.717, 1.165) is 27.8 Å². The lowest BCUT2D eigenvalue weighted by molar-refractivity contribution is 0.0950. The molecule has 1 amide bonds. The van der Waals surface area contributed by atoms with E-state index in [-0.39, 0.29) is 5.91 Å². The number of ether oxygens (including phenoxy) is 2. The Bertz CT molecular complexity index is 938. The minimum atomic E-state index is -0.134. The molecule has 0 radical (unpaired) electrons. The van der Waals surface area contributed by atoms with Crippen molar-refractivity contribution >= 4 is 16.8 Å². The van der Waals surface area contributed by atoms with Gasteiger partial charge >= 0.3 is 0 Å². The smallest absolute Gasteiger partial charge is 0.253 e. The van der Waals surface area contributed by atoms with Crippen molar-refractivity contribution in [2.24, 2.45) is 0 Å². The summed E-state index contributed by atoms with van der Waals surface area (Å²) in [6.07, 6.45) is 0. The average molecular weight is 350 g/mol. The molecule has 5 nitrogen and oxygen atoms in total. The summed E-state index contributed by atoms with van der Waals surface area (Å²) in [4.78, 5) is 17.2. The van der Waals surface area contributed by atoms with Crippen LogP contribution in [0.4, 0.5) is 0 Å². The van der Waals surface area contributed by atoms with Gasteiger partial charge in [0, 0.05) is 25.1 Å². The standard InChI is InChI=1S/C21H22N2O3/c1-14-19(10-17-7-8-18(26-3)11-20(17)23-14)21(24)22-12-15-5-4-6-16(9-15)13-25-2/h4-11H,12-13H2,1-3H3,(H,22,24). The molecule has 0 aliphatic heterocycles. The number of methoxy groups -OCH3 is 2. The fourth-order valence-corrected chi connectivity index (χ4v) is 2.87. The minimum absolute atomic E-state index is 0.134. The third kappa shape index (κ3) is 4.00. The van der Waals surface area contributed by atoms with Gasteiger partial charge in [-0.15, -0.1) is 0 Å². The van der Waals surface area contributed by atoms with Crippen molar-refractivity contribution in [3.8, 4) is 5.75 Å². The van der Waals surface area contributed by atoms with Crippen LogP contribution in [0.2, 0.25) is 0 Å². The Labute approximate surface area is 153 Å². The van der Waals surface area contributed by atoms with Crippen LogP contribution in [-0.4, -0.2) is 25.1 Å². The Morgan fingerprint density at radius 2 is 1.88 bits per heavy atom. The minimum Gasteiger partial charge on any atom is -0.497 e. The molecule has 134 valence electrons. The second-order valence-electron chi connectivity index (χ2n) is 6.12. The van der Waals surface area contributed by atoms with E-state index < -0.39 is 0 Å². The number of rotatable bonds is 6. The number of aromatic nitrogens is 1. The second-order valence-corrected chi connectivity index (χ2v) is 6.12. The Hall–Kier alpha value is -2.92. The Balaban J connectivity index is 1.77. The highest BCUT2D eigenvalue weighted by Gasteiger charge is 2.12. The van der Waals surface area contributed by atoms with Crippen molar-refractivity contribution in [3.63, 3.8) is 0 Å².